The third-order valence-electron chi connectivity index (χ3n) is 4.39. The summed E-state index contributed by atoms with van der Waals surface area (Å²) < 4.78 is 19.3. The summed E-state index contributed by atoms with van der Waals surface area (Å²) in [4.78, 5) is 17.8. The van der Waals surface area contributed by atoms with Crippen molar-refractivity contribution in [3.05, 3.63) is 59.9 Å². The quantitative estimate of drug-likeness (QED) is 0.782. The Morgan fingerprint density at radius 2 is 2.17 bits per heavy atom. The molecule has 1 N–H and O–H groups in total. The van der Waals surface area contributed by atoms with Gasteiger partial charge in [-0.2, -0.15) is 0 Å². The van der Waals surface area contributed by atoms with Gasteiger partial charge in [0.05, 0.1) is 12.3 Å². The lowest BCUT2D eigenvalue weighted by molar-refractivity contribution is 0.0647. The summed E-state index contributed by atoms with van der Waals surface area (Å²) in [7, 11) is 0. The van der Waals surface area contributed by atoms with E-state index < -0.39 is 0 Å². The number of rotatable bonds is 4. The molecule has 1 aliphatic carbocycles. The topological polar surface area (TPSA) is 49.2 Å². The van der Waals surface area contributed by atoms with E-state index in [9.17, 15) is 9.18 Å². The molecule has 0 saturated heterocycles. The van der Waals surface area contributed by atoms with Gasteiger partial charge in [-0.1, -0.05) is 6.07 Å². The van der Waals surface area contributed by atoms with E-state index in [1.807, 2.05) is 24.0 Å². The summed E-state index contributed by atoms with van der Waals surface area (Å²) in [6.07, 6.45) is 3.59. The number of benzene rings is 1. The molecule has 2 aromatic heterocycles. The molecule has 0 spiro atoms. The Balaban J connectivity index is 1.70. The molecule has 1 fully saturated rings. The number of hydrogen-bond acceptors (Lipinski definition) is 2. The number of carbonyl (C=O) groups excluding carboxylic acids is 1. The Bertz CT molecular complexity index is 849. The molecular weight excluding hydrogens is 295 g/mol. The number of halogens is 1. The Morgan fingerprint density at radius 3 is 2.83 bits per heavy atom. The van der Waals surface area contributed by atoms with E-state index in [-0.39, 0.29) is 23.8 Å². The standard InChI is InChI=1S/C18H17FN2O2/c1-11(17-6-3-9-23-17)21(12-7-8-12)18(22)16-10-13-14(19)4-2-5-15(13)20-16/h2-6,9-12,20H,7-8H2,1H3/t11-/m0/s1. The Morgan fingerprint density at radius 1 is 1.35 bits per heavy atom. The van der Waals surface area contributed by atoms with Crippen LogP contribution in [0.2, 0.25) is 0 Å². The molecule has 4 rings (SSSR count). The van der Waals surface area contributed by atoms with E-state index in [1.165, 1.54) is 6.07 Å². The van der Waals surface area contributed by atoms with Crippen LogP contribution in [0.3, 0.4) is 0 Å². The number of nitrogens with zero attached hydrogens (tertiary/aromatic N) is 1. The van der Waals surface area contributed by atoms with Gasteiger partial charge in [0.25, 0.3) is 5.91 Å². The van der Waals surface area contributed by atoms with Gasteiger partial charge in [-0.25, -0.2) is 4.39 Å². The van der Waals surface area contributed by atoms with Gasteiger partial charge in [0.1, 0.15) is 17.3 Å². The van der Waals surface area contributed by atoms with E-state index >= 15 is 0 Å². The Kier molecular flexibility index (Phi) is 3.22. The molecule has 3 aromatic rings. The molecule has 4 nitrogen and oxygen atoms in total. The van der Waals surface area contributed by atoms with E-state index in [2.05, 4.69) is 4.98 Å². The van der Waals surface area contributed by atoms with Crippen LogP contribution in [0, 0.1) is 5.82 Å². The molecule has 0 aliphatic heterocycles. The van der Waals surface area contributed by atoms with Gasteiger partial charge in [0, 0.05) is 16.9 Å². The molecule has 1 saturated carbocycles. The maximum absolute atomic E-state index is 13.9. The predicted octanol–water partition coefficient (Wildman–Crippen LogP) is 4.27. The van der Waals surface area contributed by atoms with Crippen LogP contribution >= 0.6 is 0 Å². The van der Waals surface area contributed by atoms with Crippen LogP contribution in [-0.4, -0.2) is 21.8 Å². The van der Waals surface area contributed by atoms with Gasteiger partial charge in [-0.3, -0.25) is 4.79 Å². The number of amides is 1. The second kappa shape index (κ2) is 5.26. The molecule has 23 heavy (non-hydrogen) atoms. The number of nitrogens with one attached hydrogen (secondary N) is 1. The van der Waals surface area contributed by atoms with Crippen molar-refractivity contribution in [1.82, 2.24) is 9.88 Å². The molecule has 0 radical (unpaired) electrons. The molecule has 1 aliphatic rings. The number of aromatic nitrogens is 1. The minimum atomic E-state index is -0.324. The lowest BCUT2D eigenvalue weighted by Gasteiger charge is -2.27. The molecule has 2 heterocycles. The summed E-state index contributed by atoms with van der Waals surface area (Å²) in [5.74, 6) is 0.314. The Labute approximate surface area is 132 Å². The van der Waals surface area contributed by atoms with Gasteiger partial charge < -0.3 is 14.3 Å². The number of H-pyrrole nitrogens is 1. The van der Waals surface area contributed by atoms with Crippen LogP contribution in [0.4, 0.5) is 4.39 Å². The molecule has 0 unspecified atom stereocenters. The number of hydrogen-bond donors (Lipinski definition) is 1. The van der Waals surface area contributed by atoms with E-state index in [0.717, 1.165) is 18.6 Å². The number of carbonyl (C=O) groups is 1. The van der Waals surface area contributed by atoms with E-state index in [1.54, 1.807) is 24.5 Å². The lowest BCUT2D eigenvalue weighted by Crippen LogP contribution is -2.35. The molecule has 5 heteroatoms. The van der Waals surface area contributed by atoms with Gasteiger partial charge in [0.15, 0.2) is 0 Å². The normalized spacial score (nSPS) is 15.7. The maximum Gasteiger partial charge on any atom is 0.271 e. The zero-order valence-corrected chi connectivity index (χ0v) is 12.8. The highest BCUT2D eigenvalue weighted by Crippen LogP contribution is 2.36. The fourth-order valence-corrected chi connectivity index (χ4v) is 3.05. The monoisotopic (exact) mass is 312 g/mol. The van der Waals surface area contributed by atoms with Crippen molar-refractivity contribution in [3.8, 4) is 0 Å². The van der Waals surface area contributed by atoms with E-state index in [0.29, 0.717) is 16.6 Å². The fraction of sp³-hybridized carbons (Fsp3) is 0.278. The van der Waals surface area contributed by atoms with Crippen LogP contribution < -0.4 is 0 Å². The second-order valence-electron chi connectivity index (χ2n) is 6.02. The smallest absolute Gasteiger partial charge is 0.271 e. The van der Waals surface area contributed by atoms with Crippen molar-refractivity contribution >= 4 is 16.8 Å². The molecule has 0 bridgehead atoms. The summed E-state index contributed by atoms with van der Waals surface area (Å²) in [6.45, 7) is 1.96. The average molecular weight is 312 g/mol. The molecule has 1 aromatic carbocycles. The van der Waals surface area contributed by atoms with Crippen molar-refractivity contribution < 1.29 is 13.6 Å². The molecular formula is C18H17FN2O2. The maximum atomic E-state index is 13.9. The highest BCUT2D eigenvalue weighted by molar-refractivity contribution is 5.98. The first-order chi connectivity index (χ1) is 11.1. The first-order valence-corrected chi connectivity index (χ1v) is 7.78. The third-order valence-corrected chi connectivity index (χ3v) is 4.39. The summed E-state index contributed by atoms with van der Waals surface area (Å²) in [6, 6.07) is 10.2. The highest BCUT2D eigenvalue weighted by atomic mass is 19.1. The Hall–Kier alpha value is -2.56. The lowest BCUT2D eigenvalue weighted by atomic mass is 10.2. The predicted molar refractivity (Wildman–Crippen MR) is 84.6 cm³/mol. The van der Waals surface area contributed by atoms with Crippen molar-refractivity contribution in [2.75, 3.05) is 0 Å². The van der Waals surface area contributed by atoms with Crippen molar-refractivity contribution in [1.29, 1.82) is 0 Å². The first kappa shape index (κ1) is 14.1. The first-order valence-electron chi connectivity index (χ1n) is 7.78. The van der Waals surface area contributed by atoms with Crippen LogP contribution in [0.1, 0.15) is 42.1 Å². The largest absolute Gasteiger partial charge is 0.467 e. The minimum absolute atomic E-state index is 0.119. The minimum Gasteiger partial charge on any atom is -0.467 e. The van der Waals surface area contributed by atoms with Crippen LogP contribution in [0.15, 0.2) is 47.1 Å². The second-order valence-corrected chi connectivity index (χ2v) is 6.02. The summed E-state index contributed by atoms with van der Waals surface area (Å²) in [5, 5.41) is 0.442. The van der Waals surface area contributed by atoms with E-state index in [4.69, 9.17) is 4.42 Å². The average Bonchev–Trinajstić information content (AvgIpc) is 3.06. The molecule has 1 amide bonds. The SMILES string of the molecule is C[C@@H](c1ccco1)N(C(=O)c1cc2c(F)cccc2[nH]1)C1CC1. The summed E-state index contributed by atoms with van der Waals surface area (Å²) in [5.41, 5.74) is 1.05. The van der Waals surface area contributed by atoms with Crippen molar-refractivity contribution in [2.24, 2.45) is 0 Å². The number of aromatic amines is 1. The van der Waals surface area contributed by atoms with Crippen molar-refractivity contribution in [2.45, 2.75) is 31.8 Å². The van der Waals surface area contributed by atoms with Crippen molar-refractivity contribution in [3.63, 3.8) is 0 Å². The number of furan rings is 1. The van der Waals surface area contributed by atoms with Gasteiger partial charge in [-0.15, -0.1) is 0 Å². The molecule has 118 valence electrons. The number of fused-ring (bicyclic) bond motifs is 1. The molecule has 1 atom stereocenters. The van der Waals surface area contributed by atoms with Gasteiger partial charge >= 0.3 is 0 Å². The zero-order valence-electron chi connectivity index (χ0n) is 12.8. The zero-order chi connectivity index (χ0) is 16.0. The van der Waals surface area contributed by atoms with Crippen LogP contribution in [0.25, 0.3) is 10.9 Å². The van der Waals surface area contributed by atoms with Gasteiger partial charge in [-0.05, 0) is 50.1 Å². The van der Waals surface area contributed by atoms with Gasteiger partial charge in [0.2, 0.25) is 0 Å². The third kappa shape index (κ3) is 2.42. The van der Waals surface area contributed by atoms with Crippen LogP contribution in [0.5, 0.6) is 0 Å². The fourth-order valence-electron chi connectivity index (χ4n) is 3.05. The van der Waals surface area contributed by atoms with Crippen LogP contribution in [-0.2, 0) is 0 Å². The highest BCUT2D eigenvalue weighted by Gasteiger charge is 2.38. The summed E-state index contributed by atoms with van der Waals surface area (Å²) >= 11 is 0.